The van der Waals surface area contributed by atoms with Crippen LogP contribution in [0, 0.1) is 0 Å². The number of alkyl halides is 3. The maximum Gasteiger partial charge on any atom is 0.390 e. The number of nitrogens with two attached hydrogens (primary N) is 1. The molecule has 156 valence electrons. The molecule has 0 spiro atoms. The first-order valence-corrected chi connectivity index (χ1v) is 9.19. The number of fused-ring (bicyclic) bond motifs is 1. The Balaban J connectivity index is 0.000000640. The molecule has 1 amide bonds. The molecule has 0 atom stereocenters. The third-order valence-corrected chi connectivity index (χ3v) is 4.16. The molecule has 0 bridgehead atoms. The zero-order valence-corrected chi connectivity index (χ0v) is 16.7. The molecule has 1 aliphatic rings. The minimum Gasteiger partial charge on any atom is -0.370 e. The molecular formula is C18H27F3N6O. The largest absolute Gasteiger partial charge is 0.390 e. The van der Waals surface area contributed by atoms with Crippen molar-refractivity contribution in [3.63, 3.8) is 0 Å². The van der Waals surface area contributed by atoms with Crippen LogP contribution in [0.3, 0.4) is 0 Å². The Morgan fingerprint density at radius 3 is 2.25 bits per heavy atom. The second kappa shape index (κ2) is 8.32. The van der Waals surface area contributed by atoms with Gasteiger partial charge in [0.2, 0.25) is 5.91 Å². The number of anilines is 1. The van der Waals surface area contributed by atoms with Crippen molar-refractivity contribution in [2.24, 2.45) is 5.73 Å². The first kappa shape index (κ1) is 21.9. The molecule has 0 aromatic carbocycles. The van der Waals surface area contributed by atoms with Crippen LogP contribution in [0.1, 0.15) is 52.8 Å². The van der Waals surface area contributed by atoms with Gasteiger partial charge in [-0.2, -0.15) is 13.2 Å². The Labute approximate surface area is 162 Å². The van der Waals surface area contributed by atoms with Gasteiger partial charge in [0, 0.05) is 32.0 Å². The first-order chi connectivity index (χ1) is 12.9. The quantitative estimate of drug-likeness (QED) is 0.855. The molecule has 1 saturated heterocycles. The number of amides is 1. The van der Waals surface area contributed by atoms with Crippen LogP contribution < -0.4 is 10.6 Å². The highest BCUT2D eigenvalue weighted by molar-refractivity contribution is 5.84. The molecule has 1 aliphatic heterocycles. The minimum atomic E-state index is -4.20. The summed E-state index contributed by atoms with van der Waals surface area (Å²) < 4.78 is 39.2. The fourth-order valence-corrected chi connectivity index (χ4v) is 2.83. The Morgan fingerprint density at radius 1 is 1.18 bits per heavy atom. The second-order valence-corrected chi connectivity index (χ2v) is 7.90. The Hall–Kier alpha value is -2.39. The summed E-state index contributed by atoms with van der Waals surface area (Å²) in [6, 6.07) is 0. The smallest absolute Gasteiger partial charge is 0.370 e. The summed E-state index contributed by atoms with van der Waals surface area (Å²) >= 11 is 0. The van der Waals surface area contributed by atoms with Crippen LogP contribution in [-0.4, -0.2) is 44.7 Å². The lowest BCUT2D eigenvalue weighted by Crippen LogP contribution is -2.24. The van der Waals surface area contributed by atoms with E-state index in [1.807, 2.05) is 20.8 Å². The molecule has 10 heteroatoms. The summed E-state index contributed by atoms with van der Waals surface area (Å²) in [7, 11) is 0. The van der Waals surface area contributed by atoms with Crippen LogP contribution in [0.25, 0.3) is 11.2 Å². The van der Waals surface area contributed by atoms with Crippen molar-refractivity contribution in [1.29, 1.82) is 0 Å². The van der Waals surface area contributed by atoms with E-state index in [0.717, 1.165) is 31.7 Å². The number of primary amides is 1. The van der Waals surface area contributed by atoms with E-state index in [4.69, 9.17) is 4.98 Å². The van der Waals surface area contributed by atoms with Crippen LogP contribution in [0.2, 0.25) is 0 Å². The number of imidazole rings is 1. The van der Waals surface area contributed by atoms with Gasteiger partial charge < -0.3 is 15.2 Å². The third-order valence-electron chi connectivity index (χ3n) is 4.16. The van der Waals surface area contributed by atoms with E-state index in [9.17, 15) is 18.0 Å². The van der Waals surface area contributed by atoms with Gasteiger partial charge in [0.25, 0.3) is 0 Å². The van der Waals surface area contributed by atoms with E-state index in [-0.39, 0.29) is 17.9 Å². The van der Waals surface area contributed by atoms with Crippen molar-refractivity contribution < 1.29 is 18.0 Å². The Bertz CT molecular complexity index is 815. The van der Waals surface area contributed by atoms with E-state index >= 15 is 0 Å². The van der Waals surface area contributed by atoms with Crippen LogP contribution in [-0.2, 0) is 16.8 Å². The molecule has 3 heterocycles. The maximum atomic E-state index is 12.6. The summed E-state index contributed by atoms with van der Waals surface area (Å²) in [5, 5.41) is 0. The Kier molecular flexibility index (Phi) is 6.51. The predicted octanol–water partition coefficient (Wildman–Crippen LogP) is 3.17. The molecule has 2 N–H and O–H groups in total. The van der Waals surface area contributed by atoms with Gasteiger partial charge in [0.05, 0.1) is 12.7 Å². The molecule has 3 rings (SSSR count). The maximum absolute atomic E-state index is 12.6. The molecule has 28 heavy (non-hydrogen) atoms. The summed E-state index contributed by atoms with van der Waals surface area (Å²) in [5.41, 5.74) is 5.26. The fraction of sp³-hybridized carbons (Fsp3) is 0.667. The monoisotopic (exact) mass is 400 g/mol. The van der Waals surface area contributed by atoms with Gasteiger partial charge in [-0.15, -0.1) is 0 Å². The number of aryl methyl sites for hydroxylation is 1. The summed E-state index contributed by atoms with van der Waals surface area (Å²) in [4.78, 5) is 24.9. The van der Waals surface area contributed by atoms with E-state index < -0.39 is 12.6 Å². The Morgan fingerprint density at radius 2 is 1.75 bits per heavy atom. The van der Waals surface area contributed by atoms with E-state index in [1.165, 1.54) is 17.8 Å². The average Bonchev–Trinajstić information content (AvgIpc) is 3.19. The zero-order valence-electron chi connectivity index (χ0n) is 16.7. The van der Waals surface area contributed by atoms with Gasteiger partial charge in [-0.1, -0.05) is 20.8 Å². The molecule has 2 aromatic rings. The molecule has 0 saturated carbocycles. The number of hydrogen-bond donors (Lipinski definition) is 1. The number of rotatable bonds is 3. The normalized spacial score (nSPS) is 14.9. The van der Waals surface area contributed by atoms with Crippen molar-refractivity contribution in [3.05, 3.63) is 12.2 Å². The van der Waals surface area contributed by atoms with Gasteiger partial charge in [0.15, 0.2) is 17.0 Å². The molecule has 2 aromatic heterocycles. The van der Waals surface area contributed by atoms with Gasteiger partial charge >= 0.3 is 6.18 Å². The predicted molar refractivity (Wildman–Crippen MR) is 101 cm³/mol. The van der Waals surface area contributed by atoms with Crippen molar-refractivity contribution in [1.82, 2.24) is 19.5 Å². The van der Waals surface area contributed by atoms with E-state index in [1.54, 1.807) is 0 Å². The standard InChI is InChI=1S/C16H22F3N5.C2H5NO/c1-15(2,3)14-21-12(23-7-4-5-8-23)11-13(22-14)24(10-20-11)9-6-16(17,18)19;1-2(3)4/h10H,4-9H2,1-3H3;1H3,(H2,3,4). The number of aromatic nitrogens is 4. The van der Waals surface area contributed by atoms with Crippen LogP contribution in [0.5, 0.6) is 0 Å². The fourth-order valence-electron chi connectivity index (χ4n) is 2.83. The number of halogens is 3. The third kappa shape index (κ3) is 5.80. The highest BCUT2D eigenvalue weighted by Crippen LogP contribution is 2.30. The summed E-state index contributed by atoms with van der Waals surface area (Å²) in [6.07, 6.45) is -1.48. The lowest BCUT2D eigenvalue weighted by atomic mass is 9.96. The van der Waals surface area contributed by atoms with Gasteiger partial charge in [-0.05, 0) is 12.8 Å². The molecule has 7 nitrogen and oxygen atoms in total. The van der Waals surface area contributed by atoms with Crippen molar-refractivity contribution in [2.45, 2.75) is 65.1 Å². The molecule has 0 aliphatic carbocycles. The van der Waals surface area contributed by atoms with Crippen LogP contribution in [0.4, 0.5) is 19.0 Å². The van der Waals surface area contributed by atoms with Gasteiger partial charge in [0.1, 0.15) is 5.82 Å². The van der Waals surface area contributed by atoms with Crippen LogP contribution in [0.15, 0.2) is 6.33 Å². The first-order valence-electron chi connectivity index (χ1n) is 9.19. The van der Waals surface area contributed by atoms with Crippen molar-refractivity contribution in [3.8, 4) is 0 Å². The highest BCUT2D eigenvalue weighted by atomic mass is 19.4. The zero-order chi connectivity index (χ0) is 21.1. The number of carbonyl (C=O) groups is 1. The topological polar surface area (TPSA) is 89.9 Å². The highest BCUT2D eigenvalue weighted by Gasteiger charge is 2.29. The van der Waals surface area contributed by atoms with Crippen molar-refractivity contribution >= 4 is 22.9 Å². The minimum absolute atomic E-state index is 0.181. The molecule has 0 radical (unpaired) electrons. The number of hydrogen-bond acceptors (Lipinski definition) is 5. The lowest BCUT2D eigenvalue weighted by molar-refractivity contribution is -0.136. The van der Waals surface area contributed by atoms with Crippen LogP contribution >= 0.6 is 0 Å². The molecule has 1 fully saturated rings. The molecule has 0 unspecified atom stereocenters. The summed E-state index contributed by atoms with van der Waals surface area (Å²) in [5.74, 6) is 1.04. The number of carbonyl (C=O) groups excluding carboxylic acids is 1. The average molecular weight is 400 g/mol. The second-order valence-electron chi connectivity index (χ2n) is 7.90. The van der Waals surface area contributed by atoms with Crippen molar-refractivity contribution in [2.75, 3.05) is 18.0 Å². The summed E-state index contributed by atoms with van der Waals surface area (Å²) in [6.45, 7) is 8.91. The van der Waals surface area contributed by atoms with E-state index in [0.29, 0.717) is 17.0 Å². The SMILES string of the molecule is CC(C)(C)c1nc(N2CCCC2)c2ncn(CCC(F)(F)F)c2n1.CC(N)=O. The van der Waals surface area contributed by atoms with Gasteiger partial charge in [-0.3, -0.25) is 4.79 Å². The van der Waals surface area contributed by atoms with Gasteiger partial charge in [-0.25, -0.2) is 15.0 Å². The lowest BCUT2D eigenvalue weighted by Gasteiger charge is -2.22. The molecular weight excluding hydrogens is 373 g/mol. The number of nitrogens with zero attached hydrogens (tertiary/aromatic N) is 5. The van der Waals surface area contributed by atoms with E-state index in [2.05, 4.69) is 20.6 Å².